The maximum absolute atomic E-state index is 8.99. The number of rotatable bonds is 14. The van der Waals surface area contributed by atoms with E-state index < -0.39 is 0 Å². The van der Waals surface area contributed by atoms with E-state index in [1.165, 1.54) is 22.3 Å². The summed E-state index contributed by atoms with van der Waals surface area (Å²) in [6.45, 7) is 11.0. The minimum Gasteiger partial charge on any atom is -0.392 e. The molecule has 2 N–H and O–H groups in total. The lowest BCUT2D eigenvalue weighted by atomic mass is 10.0. The lowest BCUT2D eigenvalue weighted by Gasteiger charge is -2.03. The summed E-state index contributed by atoms with van der Waals surface area (Å²) in [6, 6.07) is 0. The second-order valence-corrected chi connectivity index (χ2v) is 7.75. The molecule has 2 nitrogen and oxygen atoms in total. The summed E-state index contributed by atoms with van der Waals surface area (Å²) in [7, 11) is 0. The van der Waals surface area contributed by atoms with Crippen molar-refractivity contribution in [3.8, 4) is 0 Å². The highest BCUT2D eigenvalue weighted by Crippen LogP contribution is 2.14. The molecule has 0 spiro atoms. The molecule has 0 aromatic heterocycles. The van der Waals surface area contributed by atoms with Gasteiger partial charge in [0.1, 0.15) is 0 Å². The van der Waals surface area contributed by atoms with Gasteiger partial charge in [0.25, 0.3) is 0 Å². The summed E-state index contributed by atoms with van der Waals surface area (Å²) in [4.78, 5) is 0. The molecule has 0 saturated heterocycles. The van der Waals surface area contributed by atoms with E-state index in [2.05, 4.69) is 52.0 Å². The van der Waals surface area contributed by atoms with Crippen molar-refractivity contribution in [2.45, 2.75) is 86.0 Å². The van der Waals surface area contributed by atoms with Crippen molar-refractivity contribution in [1.82, 2.24) is 0 Å². The highest BCUT2D eigenvalue weighted by Gasteiger charge is 1.94. The molecule has 0 heterocycles. The molecule has 0 aliphatic carbocycles. The summed E-state index contributed by atoms with van der Waals surface area (Å²) < 4.78 is 0. The van der Waals surface area contributed by atoms with Gasteiger partial charge in [0.05, 0.1) is 13.2 Å². The highest BCUT2D eigenvalue weighted by atomic mass is 16.3. The van der Waals surface area contributed by atoms with Gasteiger partial charge in [-0.2, -0.15) is 0 Å². The summed E-state index contributed by atoms with van der Waals surface area (Å²) in [5.74, 6) is 0. The fourth-order valence-electron chi connectivity index (χ4n) is 2.81. The zero-order valence-electron chi connectivity index (χ0n) is 18.4. The van der Waals surface area contributed by atoms with Crippen LogP contribution in [0.5, 0.6) is 0 Å². The number of aliphatic hydroxyl groups is 2. The Labute approximate surface area is 168 Å². The maximum atomic E-state index is 8.99. The Kier molecular flexibility index (Phi) is 15.9. The van der Waals surface area contributed by atoms with Crippen LogP contribution in [0.15, 0.2) is 58.2 Å². The van der Waals surface area contributed by atoms with Gasteiger partial charge >= 0.3 is 0 Å². The first-order valence-corrected chi connectivity index (χ1v) is 10.4. The largest absolute Gasteiger partial charge is 0.392 e. The lowest BCUT2D eigenvalue weighted by molar-refractivity contribution is 0.331. The van der Waals surface area contributed by atoms with E-state index in [9.17, 15) is 0 Å². The second kappa shape index (κ2) is 16.8. The van der Waals surface area contributed by atoms with Crippen LogP contribution >= 0.6 is 0 Å². The third-order valence-electron chi connectivity index (χ3n) is 4.82. The molecule has 0 aromatic rings. The summed E-state index contributed by atoms with van der Waals surface area (Å²) >= 11 is 0. The van der Waals surface area contributed by atoms with Crippen molar-refractivity contribution in [2.24, 2.45) is 0 Å². The molecule has 154 valence electrons. The molecular formula is C25H42O2. The van der Waals surface area contributed by atoms with Gasteiger partial charge in [-0.1, -0.05) is 58.2 Å². The molecule has 0 rings (SSSR count). The Morgan fingerprint density at radius 1 is 0.481 bits per heavy atom. The predicted molar refractivity (Wildman–Crippen MR) is 120 cm³/mol. The normalized spacial score (nSPS) is 14.9. The Morgan fingerprint density at radius 2 is 0.778 bits per heavy atom. The van der Waals surface area contributed by atoms with Crippen molar-refractivity contribution in [3.63, 3.8) is 0 Å². The smallest absolute Gasteiger partial charge is 0.0639 e. The van der Waals surface area contributed by atoms with Crippen LogP contribution in [0.2, 0.25) is 0 Å². The first kappa shape index (κ1) is 25.6. The van der Waals surface area contributed by atoms with Crippen molar-refractivity contribution >= 4 is 0 Å². The Hall–Kier alpha value is -1.38. The first-order valence-electron chi connectivity index (χ1n) is 10.4. The minimum atomic E-state index is 0.147. The van der Waals surface area contributed by atoms with Gasteiger partial charge in [-0.3, -0.25) is 0 Å². The van der Waals surface area contributed by atoms with Gasteiger partial charge in [-0.15, -0.1) is 0 Å². The molecule has 0 fully saturated rings. The van der Waals surface area contributed by atoms with Crippen LogP contribution in [-0.2, 0) is 0 Å². The van der Waals surface area contributed by atoms with Crippen LogP contribution in [-0.4, -0.2) is 23.4 Å². The second-order valence-electron chi connectivity index (χ2n) is 7.75. The molecular weight excluding hydrogens is 332 g/mol. The molecule has 0 amide bonds. The fourth-order valence-corrected chi connectivity index (χ4v) is 2.81. The number of aliphatic hydroxyl groups excluding tert-OH is 2. The SMILES string of the molecule is C/C(=C\CC/C(C)=C/CC/C(C)=C/CC/C(C)=C/CC/C(C)=C/CO)CO. The zero-order valence-corrected chi connectivity index (χ0v) is 18.4. The predicted octanol–water partition coefficient (Wildman–Crippen LogP) is 6.82. The van der Waals surface area contributed by atoms with Gasteiger partial charge < -0.3 is 10.2 Å². The van der Waals surface area contributed by atoms with Crippen LogP contribution in [0.4, 0.5) is 0 Å². The van der Waals surface area contributed by atoms with Crippen molar-refractivity contribution in [3.05, 3.63) is 58.2 Å². The topological polar surface area (TPSA) is 40.5 Å². The van der Waals surface area contributed by atoms with Crippen molar-refractivity contribution in [1.29, 1.82) is 0 Å². The molecule has 0 atom stereocenters. The third-order valence-corrected chi connectivity index (χ3v) is 4.82. The van der Waals surface area contributed by atoms with E-state index in [1.54, 1.807) is 0 Å². The minimum absolute atomic E-state index is 0.147. The number of hydrogen-bond acceptors (Lipinski definition) is 2. The highest BCUT2D eigenvalue weighted by molar-refractivity contribution is 5.08. The molecule has 0 saturated carbocycles. The van der Waals surface area contributed by atoms with E-state index in [-0.39, 0.29) is 13.2 Å². The zero-order chi connectivity index (χ0) is 20.5. The molecule has 0 aliphatic rings. The van der Waals surface area contributed by atoms with Crippen LogP contribution in [0, 0.1) is 0 Å². The van der Waals surface area contributed by atoms with Gasteiger partial charge in [0, 0.05) is 0 Å². The molecule has 2 heteroatoms. The van der Waals surface area contributed by atoms with Gasteiger partial charge in [-0.05, 0) is 86.0 Å². The Bertz CT molecular complexity index is 545. The van der Waals surface area contributed by atoms with Gasteiger partial charge in [-0.25, -0.2) is 0 Å². The Balaban J connectivity index is 4.04. The molecule has 0 unspecified atom stereocenters. The van der Waals surface area contributed by atoms with E-state index in [0.717, 1.165) is 56.9 Å². The van der Waals surface area contributed by atoms with Crippen LogP contribution in [0.3, 0.4) is 0 Å². The summed E-state index contributed by atoms with van der Waals surface area (Å²) in [5.41, 5.74) is 6.69. The first-order chi connectivity index (χ1) is 12.9. The van der Waals surface area contributed by atoms with Crippen molar-refractivity contribution in [2.75, 3.05) is 13.2 Å². The van der Waals surface area contributed by atoms with E-state index in [1.807, 2.05) is 13.0 Å². The molecule has 0 radical (unpaired) electrons. The standard InChI is InChI=1S/C25H42O2/c1-21(11-7-13-23(3)15-9-17-25(5)20-27)10-6-12-22(2)14-8-16-24(4)18-19-26/h10,13-14,17-18,26-27H,6-9,11-12,15-16,19-20H2,1-5H3/b21-10+,22-14+,23-13+,24-18+,25-17+. The number of hydrogen-bond donors (Lipinski definition) is 2. The summed E-state index contributed by atoms with van der Waals surface area (Å²) in [6.07, 6.45) is 19.8. The third kappa shape index (κ3) is 16.5. The molecule has 0 aliphatic heterocycles. The van der Waals surface area contributed by atoms with Crippen molar-refractivity contribution < 1.29 is 10.2 Å². The fraction of sp³-hybridized carbons (Fsp3) is 0.600. The summed E-state index contributed by atoms with van der Waals surface area (Å²) in [5, 5.41) is 17.8. The number of allylic oxidation sites excluding steroid dienone is 8. The van der Waals surface area contributed by atoms with Gasteiger partial charge in [0.15, 0.2) is 0 Å². The average Bonchev–Trinajstić information content (AvgIpc) is 2.61. The maximum Gasteiger partial charge on any atom is 0.0639 e. The van der Waals surface area contributed by atoms with E-state index in [4.69, 9.17) is 10.2 Å². The molecule has 0 aromatic carbocycles. The quantitative estimate of drug-likeness (QED) is 0.327. The van der Waals surface area contributed by atoms with Crippen LogP contribution in [0.1, 0.15) is 86.0 Å². The van der Waals surface area contributed by atoms with E-state index >= 15 is 0 Å². The Morgan fingerprint density at radius 3 is 1.07 bits per heavy atom. The molecule has 0 bridgehead atoms. The van der Waals surface area contributed by atoms with E-state index in [0.29, 0.717) is 0 Å². The average molecular weight is 375 g/mol. The lowest BCUT2D eigenvalue weighted by Crippen LogP contribution is -1.85. The monoisotopic (exact) mass is 374 g/mol. The molecule has 27 heavy (non-hydrogen) atoms. The van der Waals surface area contributed by atoms with Crippen LogP contribution in [0.25, 0.3) is 0 Å². The van der Waals surface area contributed by atoms with Gasteiger partial charge in [0.2, 0.25) is 0 Å². The van der Waals surface area contributed by atoms with Crippen LogP contribution < -0.4 is 0 Å².